The molecule has 1 amide bonds. The smallest absolute Gasteiger partial charge is 0.261 e. The van der Waals surface area contributed by atoms with E-state index in [-0.39, 0.29) is 18.0 Å². The molecule has 10 nitrogen and oxygen atoms in total. The maximum atomic E-state index is 13.2. The molecule has 1 atom stereocenters. The Labute approximate surface area is 203 Å². The SMILES string of the molecule is C[C@@]1(O)COc2cc(N3CCC(n4ccnc4)CC3)c(NC(=O)/C(=C/N)c3ncccn3)cc2C1. The van der Waals surface area contributed by atoms with Crippen molar-refractivity contribution in [2.24, 2.45) is 5.73 Å². The van der Waals surface area contributed by atoms with Crippen LogP contribution in [0.25, 0.3) is 5.57 Å². The van der Waals surface area contributed by atoms with Crippen LogP contribution in [-0.4, -0.2) is 55.8 Å². The fourth-order valence-electron chi connectivity index (χ4n) is 4.71. The van der Waals surface area contributed by atoms with Crippen molar-refractivity contribution >= 4 is 22.9 Å². The third-order valence-electron chi connectivity index (χ3n) is 6.51. The molecule has 0 saturated carbocycles. The first-order valence-electron chi connectivity index (χ1n) is 11.7. The molecule has 35 heavy (non-hydrogen) atoms. The van der Waals surface area contributed by atoms with Gasteiger partial charge in [-0.05, 0) is 37.5 Å². The van der Waals surface area contributed by atoms with Crippen LogP contribution < -0.4 is 20.7 Å². The number of piperidine rings is 1. The Hall–Kier alpha value is -3.92. The van der Waals surface area contributed by atoms with Gasteiger partial charge in [0.15, 0.2) is 5.82 Å². The average molecular weight is 476 g/mol. The van der Waals surface area contributed by atoms with Crippen molar-refractivity contribution in [1.82, 2.24) is 19.5 Å². The summed E-state index contributed by atoms with van der Waals surface area (Å²) >= 11 is 0. The normalized spacial score (nSPS) is 20.7. The number of nitrogens with zero attached hydrogens (tertiary/aromatic N) is 5. The van der Waals surface area contributed by atoms with Gasteiger partial charge in [-0.2, -0.15) is 0 Å². The predicted octanol–water partition coefficient (Wildman–Crippen LogP) is 2.14. The average Bonchev–Trinajstić information content (AvgIpc) is 3.40. The lowest BCUT2D eigenvalue weighted by Gasteiger charge is -2.37. The highest BCUT2D eigenvalue weighted by molar-refractivity contribution is 6.24. The Kier molecular flexibility index (Phi) is 6.12. The highest BCUT2D eigenvalue weighted by Gasteiger charge is 2.31. The number of carbonyl (C=O) groups is 1. The van der Waals surface area contributed by atoms with Gasteiger partial charge in [0.05, 0.1) is 28.9 Å². The lowest BCUT2D eigenvalue weighted by molar-refractivity contribution is -0.111. The largest absolute Gasteiger partial charge is 0.490 e. The number of rotatable bonds is 5. The summed E-state index contributed by atoms with van der Waals surface area (Å²) in [5, 5.41) is 13.5. The summed E-state index contributed by atoms with van der Waals surface area (Å²) in [4.78, 5) is 28.0. The third kappa shape index (κ3) is 4.83. The molecule has 2 aliphatic heterocycles. The molecule has 0 unspecified atom stereocenters. The quantitative estimate of drug-likeness (QED) is 0.478. The summed E-state index contributed by atoms with van der Waals surface area (Å²) in [6, 6.07) is 5.91. The van der Waals surface area contributed by atoms with Crippen LogP contribution in [0.3, 0.4) is 0 Å². The van der Waals surface area contributed by atoms with E-state index in [0.29, 0.717) is 18.2 Å². The van der Waals surface area contributed by atoms with E-state index in [1.54, 1.807) is 31.6 Å². The van der Waals surface area contributed by atoms with E-state index >= 15 is 0 Å². The van der Waals surface area contributed by atoms with Gasteiger partial charge in [-0.15, -0.1) is 0 Å². The molecule has 0 radical (unpaired) electrons. The fourth-order valence-corrected chi connectivity index (χ4v) is 4.71. The molecular weight excluding hydrogens is 446 g/mol. The van der Waals surface area contributed by atoms with Gasteiger partial charge in [0, 0.05) is 62.6 Å². The highest BCUT2D eigenvalue weighted by atomic mass is 16.5. The molecule has 3 aromatic rings. The zero-order chi connectivity index (χ0) is 24.4. The van der Waals surface area contributed by atoms with Crippen LogP contribution in [-0.2, 0) is 11.2 Å². The minimum absolute atomic E-state index is 0.177. The fraction of sp³-hybridized carbons (Fsp3) is 0.360. The first-order valence-corrected chi connectivity index (χ1v) is 11.7. The van der Waals surface area contributed by atoms with Crippen LogP contribution in [0.15, 0.2) is 55.5 Å². The number of aliphatic hydroxyl groups is 1. The minimum Gasteiger partial charge on any atom is -0.490 e. The molecule has 1 saturated heterocycles. The van der Waals surface area contributed by atoms with Crippen molar-refractivity contribution in [3.05, 3.63) is 66.9 Å². The zero-order valence-electron chi connectivity index (χ0n) is 19.6. The van der Waals surface area contributed by atoms with E-state index < -0.39 is 11.5 Å². The third-order valence-corrected chi connectivity index (χ3v) is 6.51. The molecule has 182 valence electrons. The summed E-state index contributed by atoms with van der Waals surface area (Å²) in [5.41, 5.74) is 7.31. The second-order valence-electron chi connectivity index (χ2n) is 9.27. The van der Waals surface area contributed by atoms with Gasteiger partial charge in [-0.1, -0.05) is 0 Å². The second-order valence-corrected chi connectivity index (χ2v) is 9.27. The molecule has 0 aliphatic carbocycles. The van der Waals surface area contributed by atoms with Gasteiger partial charge >= 0.3 is 0 Å². The number of ether oxygens (including phenoxy) is 1. The number of anilines is 2. The lowest BCUT2D eigenvalue weighted by atomic mass is 9.93. The van der Waals surface area contributed by atoms with Gasteiger partial charge in [0.2, 0.25) is 0 Å². The number of nitrogens with two attached hydrogens (primary N) is 1. The van der Waals surface area contributed by atoms with Gasteiger partial charge in [0.1, 0.15) is 12.4 Å². The Balaban J connectivity index is 1.44. The number of hydrogen-bond donors (Lipinski definition) is 3. The van der Waals surface area contributed by atoms with Crippen molar-refractivity contribution in [3.8, 4) is 5.75 Å². The highest BCUT2D eigenvalue weighted by Crippen LogP contribution is 2.40. The standard InChI is InChI=1S/C25H29N7O3/c1-25(34)13-17-11-20(30-24(33)19(14-26)23-28-5-2-6-29-23)21(12-22(17)35-15-25)31-8-3-18(4-9-31)32-10-7-27-16-32/h2,5-7,10-12,14,16,18,34H,3-4,8-9,13,15,26H2,1H3,(H,30,33)/b19-14+/t25-/m0/s1. The number of benzene rings is 1. The molecule has 2 aliphatic rings. The number of amides is 1. The number of hydrogen-bond acceptors (Lipinski definition) is 8. The zero-order valence-corrected chi connectivity index (χ0v) is 19.6. The van der Waals surface area contributed by atoms with Crippen LogP contribution >= 0.6 is 0 Å². The van der Waals surface area contributed by atoms with Crippen molar-refractivity contribution in [2.45, 2.75) is 37.8 Å². The molecule has 0 bridgehead atoms. The summed E-state index contributed by atoms with van der Waals surface area (Å²) in [6.07, 6.45) is 12.3. The summed E-state index contributed by atoms with van der Waals surface area (Å²) in [5.74, 6) is 0.568. The topological polar surface area (TPSA) is 131 Å². The van der Waals surface area contributed by atoms with E-state index in [0.717, 1.165) is 42.9 Å². The molecule has 5 rings (SSSR count). The van der Waals surface area contributed by atoms with E-state index in [9.17, 15) is 9.90 Å². The van der Waals surface area contributed by atoms with Crippen molar-refractivity contribution in [2.75, 3.05) is 29.9 Å². The number of aromatic nitrogens is 4. The van der Waals surface area contributed by atoms with Gasteiger partial charge in [0.25, 0.3) is 5.91 Å². The number of fused-ring (bicyclic) bond motifs is 1. The van der Waals surface area contributed by atoms with Crippen molar-refractivity contribution in [3.63, 3.8) is 0 Å². The van der Waals surface area contributed by atoms with E-state index in [4.69, 9.17) is 10.5 Å². The Bertz CT molecular complexity index is 1220. The van der Waals surface area contributed by atoms with Gasteiger partial charge < -0.3 is 30.4 Å². The second kappa shape index (κ2) is 9.38. The van der Waals surface area contributed by atoms with Crippen LogP contribution in [0.2, 0.25) is 0 Å². The Morgan fingerprint density at radius 3 is 2.71 bits per heavy atom. The number of nitrogens with one attached hydrogen (secondary N) is 1. The predicted molar refractivity (Wildman–Crippen MR) is 132 cm³/mol. The molecule has 1 aromatic carbocycles. The molecule has 10 heteroatoms. The van der Waals surface area contributed by atoms with Crippen LogP contribution in [0.5, 0.6) is 5.75 Å². The van der Waals surface area contributed by atoms with Crippen LogP contribution in [0.1, 0.15) is 37.2 Å². The van der Waals surface area contributed by atoms with E-state index in [1.165, 1.54) is 6.20 Å². The molecular formula is C25H29N7O3. The number of imidazole rings is 1. The Morgan fingerprint density at radius 2 is 2.03 bits per heavy atom. The summed E-state index contributed by atoms with van der Waals surface area (Å²) < 4.78 is 8.04. The van der Waals surface area contributed by atoms with Gasteiger partial charge in [-0.25, -0.2) is 15.0 Å². The molecule has 0 spiro atoms. The van der Waals surface area contributed by atoms with E-state index in [2.05, 4.69) is 29.7 Å². The van der Waals surface area contributed by atoms with E-state index in [1.807, 2.05) is 24.7 Å². The Morgan fingerprint density at radius 1 is 1.26 bits per heavy atom. The van der Waals surface area contributed by atoms with Crippen LogP contribution in [0, 0.1) is 0 Å². The molecule has 2 aromatic heterocycles. The van der Waals surface area contributed by atoms with Crippen molar-refractivity contribution < 1.29 is 14.6 Å². The number of carbonyl (C=O) groups excluding carboxylic acids is 1. The molecule has 1 fully saturated rings. The summed E-state index contributed by atoms with van der Waals surface area (Å²) in [6.45, 7) is 3.58. The molecule has 4 heterocycles. The van der Waals surface area contributed by atoms with Crippen molar-refractivity contribution in [1.29, 1.82) is 0 Å². The molecule has 4 N–H and O–H groups in total. The minimum atomic E-state index is -0.973. The first-order chi connectivity index (χ1) is 16.9. The monoisotopic (exact) mass is 475 g/mol. The first kappa shape index (κ1) is 22.9. The maximum absolute atomic E-state index is 13.2. The van der Waals surface area contributed by atoms with Crippen LogP contribution in [0.4, 0.5) is 11.4 Å². The maximum Gasteiger partial charge on any atom is 0.261 e. The van der Waals surface area contributed by atoms with Gasteiger partial charge in [-0.3, -0.25) is 4.79 Å². The summed E-state index contributed by atoms with van der Waals surface area (Å²) in [7, 11) is 0. The lowest BCUT2D eigenvalue weighted by Crippen LogP contribution is -2.39.